The number of anilines is 1. The van der Waals surface area contributed by atoms with E-state index in [-0.39, 0.29) is 11.2 Å². The van der Waals surface area contributed by atoms with Crippen LogP contribution in [0.1, 0.15) is 10.3 Å². The molecule has 2 heterocycles. The van der Waals surface area contributed by atoms with Gasteiger partial charge in [0.05, 0.1) is 0 Å². The van der Waals surface area contributed by atoms with Gasteiger partial charge >= 0.3 is 0 Å². The summed E-state index contributed by atoms with van der Waals surface area (Å²) in [6, 6.07) is 10.5. The van der Waals surface area contributed by atoms with E-state index in [1.165, 1.54) is 17.0 Å². The number of benzene rings is 1. The lowest BCUT2D eigenvalue weighted by molar-refractivity contribution is 0.462. The van der Waals surface area contributed by atoms with E-state index in [1.54, 1.807) is 23.5 Å². The van der Waals surface area contributed by atoms with E-state index in [9.17, 15) is 4.39 Å². The van der Waals surface area contributed by atoms with Crippen molar-refractivity contribution in [2.24, 2.45) is 0 Å². The fourth-order valence-corrected chi connectivity index (χ4v) is 4.70. The van der Waals surface area contributed by atoms with Gasteiger partial charge in [0.25, 0.3) is 0 Å². The van der Waals surface area contributed by atoms with Crippen molar-refractivity contribution in [2.75, 3.05) is 17.6 Å². The fraction of sp³-hybridized carbons (Fsp3) is 0.214. The molecule has 2 aromatic rings. The van der Waals surface area contributed by atoms with Crippen LogP contribution in [0.4, 0.5) is 10.1 Å². The first-order valence-corrected chi connectivity index (χ1v) is 8.56. The molecule has 1 aromatic carbocycles. The average Bonchev–Trinajstić information content (AvgIpc) is 3.11. The molecule has 1 aromatic heterocycles. The van der Waals surface area contributed by atoms with Crippen molar-refractivity contribution >= 4 is 46.1 Å². The standard InChI is InChI=1S/C14H13FN2S3/c15-10-3-5-11(6-4-10)16-14(18)17-7-9-20-13(17)12-2-1-8-19-12/h1-6,8,13H,7,9H2,(H,16,18)/t13-/m0/s1. The Bertz CT molecular complexity index is 583. The van der Waals surface area contributed by atoms with Crippen molar-refractivity contribution in [2.45, 2.75) is 5.37 Å². The number of nitrogens with zero attached hydrogens (tertiary/aromatic N) is 1. The van der Waals surface area contributed by atoms with Crippen LogP contribution in [0.25, 0.3) is 0 Å². The Morgan fingerprint density at radius 1 is 1.30 bits per heavy atom. The van der Waals surface area contributed by atoms with Gasteiger partial charge in [-0.05, 0) is 47.9 Å². The normalized spacial score (nSPS) is 18.2. The molecule has 0 aliphatic carbocycles. The van der Waals surface area contributed by atoms with Crippen LogP contribution in [0.5, 0.6) is 0 Å². The van der Waals surface area contributed by atoms with E-state index in [2.05, 4.69) is 27.7 Å². The number of hydrogen-bond donors (Lipinski definition) is 1. The molecular weight excluding hydrogens is 311 g/mol. The maximum atomic E-state index is 12.9. The molecule has 6 heteroatoms. The van der Waals surface area contributed by atoms with E-state index >= 15 is 0 Å². The maximum absolute atomic E-state index is 12.9. The summed E-state index contributed by atoms with van der Waals surface area (Å²) in [4.78, 5) is 3.51. The third-order valence-electron chi connectivity index (χ3n) is 3.03. The molecule has 104 valence electrons. The third-order valence-corrected chi connectivity index (χ3v) is 5.69. The zero-order valence-electron chi connectivity index (χ0n) is 10.6. The molecule has 1 aliphatic rings. The summed E-state index contributed by atoms with van der Waals surface area (Å²) in [6.07, 6.45) is 0. The van der Waals surface area contributed by atoms with Gasteiger partial charge in [-0.25, -0.2) is 4.39 Å². The molecule has 1 N–H and O–H groups in total. The molecule has 0 bridgehead atoms. The third kappa shape index (κ3) is 2.97. The molecule has 0 amide bonds. The van der Waals surface area contributed by atoms with Crippen molar-refractivity contribution in [3.63, 3.8) is 0 Å². The quantitative estimate of drug-likeness (QED) is 0.827. The van der Waals surface area contributed by atoms with Crippen LogP contribution in [-0.2, 0) is 0 Å². The summed E-state index contributed by atoms with van der Waals surface area (Å²) >= 11 is 9.14. The predicted octanol–water partition coefficient (Wildman–Crippen LogP) is 4.33. The number of thiocarbonyl (C=S) groups is 1. The number of rotatable bonds is 2. The zero-order valence-corrected chi connectivity index (χ0v) is 13.0. The first kappa shape index (κ1) is 13.9. The highest BCUT2D eigenvalue weighted by Gasteiger charge is 2.29. The molecule has 2 nitrogen and oxygen atoms in total. The van der Waals surface area contributed by atoms with Gasteiger partial charge in [0.2, 0.25) is 0 Å². The van der Waals surface area contributed by atoms with Crippen LogP contribution in [0.2, 0.25) is 0 Å². The van der Waals surface area contributed by atoms with E-state index in [4.69, 9.17) is 12.2 Å². The minimum atomic E-state index is -0.241. The van der Waals surface area contributed by atoms with Gasteiger partial charge < -0.3 is 10.2 Å². The molecule has 1 aliphatic heterocycles. The highest BCUT2D eigenvalue weighted by Crippen LogP contribution is 2.40. The molecule has 0 radical (unpaired) electrons. The second-order valence-electron chi connectivity index (χ2n) is 4.37. The lowest BCUT2D eigenvalue weighted by atomic mass is 10.3. The molecule has 1 saturated heterocycles. The second kappa shape index (κ2) is 6.11. The number of thioether (sulfide) groups is 1. The summed E-state index contributed by atoms with van der Waals surface area (Å²) in [5.74, 6) is 0.822. The second-order valence-corrected chi connectivity index (χ2v) is 6.92. The Labute approximate surface area is 131 Å². The maximum Gasteiger partial charge on any atom is 0.174 e. The van der Waals surface area contributed by atoms with E-state index < -0.39 is 0 Å². The van der Waals surface area contributed by atoms with Crippen LogP contribution in [-0.4, -0.2) is 22.3 Å². The van der Waals surface area contributed by atoms with Gasteiger partial charge in [-0.15, -0.1) is 23.1 Å². The highest BCUT2D eigenvalue weighted by molar-refractivity contribution is 7.99. The molecular formula is C14H13FN2S3. The Morgan fingerprint density at radius 2 is 2.10 bits per heavy atom. The van der Waals surface area contributed by atoms with E-state index in [1.807, 2.05) is 11.8 Å². The van der Waals surface area contributed by atoms with Gasteiger partial charge in [0.1, 0.15) is 11.2 Å². The highest BCUT2D eigenvalue weighted by atomic mass is 32.2. The van der Waals surface area contributed by atoms with Gasteiger partial charge in [0.15, 0.2) is 5.11 Å². The van der Waals surface area contributed by atoms with Crippen molar-refractivity contribution in [3.8, 4) is 0 Å². The Kier molecular flexibility index (Phi) is 4.24. The first-order valence-electron chi connectivity index (χ1n) is 6.22. The first-order chi connectivity index (χ1) is 9.74. The van der Waals surface area contributed by atoms with Crippen molar-refractivity contribution < 1.29 is 4.39 Å². The molecule has 1 atom stereocenters. The minimum Gasteiger partial charge on any atom is -0.333 e. The van der Waals surface area contributed by atoms with Gasteiger partial charge in [-0.1, -0.05) is 6.07 Å². The Hall–Kier alpha value is -1.11. The smallest absolute Gasteiger partial charge is 0.174 e. The monoisotopic (exact) mass is 324 g/mol. The summed E-state index contributed by atoms with van der Waals surface area (Å²) in [7, 11) is 0. The zero-order chi connectivity index (χ0) is 13.9. The molecule has 20 heavy (non-hydrogen) atoms. The molecule has 1 fully saturated rings. The predicted molar refractivity (Wildman–Crippen MR) is 88.8 cm³/mol. The van der Waals surface area contributed by atoms with Gasteiger partial charge in [-0.3, -0.25) is 0 Å². The lowest BCUT2D eigenvalue weighted by Gasteiger charge is -2.26. The summed E-state index contributed by atoms with van der Waals surface area (Å²) in [6.45, 7) is 0.931. The van der Waals surface area contributed by atoms with Crippen LogP contribution in [0.15, 0.2) is 41.8 Å². The molecule has 3 rings (SSSR count). The van der Waals surface area contributed by atoms with Crippen LogP contribution in [0.3, 0.4) is 0 Å². The van der Waals surface area contributed by atoms with Gasteiger partial charge in [-0.2, -0.15) is 0 Å². The van der Waals surface area contributed by atoms with Crippen molar-refractivity contribution in [1.29, 1.82) is 0 Å². The molecule has 0 spiro atoms. The lowest BCUT2D eigenvalue weighted by Crippen LogP contribution is -2.33. The van der Waals surface area contributed by atoms with Crippen LogP contribution >= 0.6 is 35.3 Å². The minimum absolute atomic E-state index is 0.241. The molecule has 0 saturated carbocycles. The summed E-state index contributed by atoms with van der Waals surface area (Å²) < 4.78 is 12.9. The summed E-state index contributed by atoms with van der Waals surface area (Å²) in [5, 5.41) is 6.25. The van der Waals surface area contributed by atoms with Crippen LogP contribution < -0.4 is 5.32 Å². The fourth-order valence-electron chi connectivity index (χ4n) is 2.07. The molecule has 0 unspecified atom stereocenters. The van der Waals surface area contributed by atoms with E-state index in [0.717, 1.165) is 18.0 Å². The van der Waals surface area contributed by atoms with E-state index in [0.29, 0.717) is 5.11 Å². The Balaban J connectivity index is 1.71. The topological polar surface area (TPSA) is 15.3 Å². The summed E-state index contributed by atoms with van der Waals surface area (Å²) in [5.41, 5.74) is 0.818. The average molecular weight is 324 g/mol. The largest absolute Gasteiger partial charge is 0.333 e. The number of thiophene rings is 1. The Morgan fingerprint density at radius 3 is 2.80 bits per heavy atom. The van der Waals surface area contributed by atoms with Crippen molar-refractivity contribution in [3.05, 3.63) is 52.5 Å². The SMILES string of the molecule is Fc1ccc(NC(=S)N2CCS[C@H]2c2cccs2)cc1. The number of hydrogen-bond acceptors (Lipinski definition) is 3. The van der Waals surface area contributed by atoms with Crippen molar-refractivity contribution in [1.82, 2.24) is 4.90 Å². The van der Waals surface area contributed by atoms with Gasteiger partial charge in [0, 0.05) is 22.9 Å². The van der Waals surface area contributed by atoms with Crippen LogP contribution in [0, 0.1) is 5.82 Å². The number of halogens is 1. The number of nitrogens with one attached hydrogen (secondary N) is 1.